The van der Waals surface area contributed by atoms with Gasteiger partial charge in [-0.2, -0.15) is 0 Å². The van der Waals surface area contributed by atoms with Crippen LogP contribution in [0.1, 0.15) is 5.56 Å². The highest BCUT2D eigenvalue weighted by Gasteiger charge is 2.29. The second-order valence-electron chi connectivity index (χ2n) is 6.05. The van der Waals surface area contributed by atoms with Gasteiger partial charge in [0.25, 0.3) is 0 Å². The standard InChI is InChI=1S/C19H18N4O3/c24-19(25)14-10-13-4-3-5-15-18(13)23(11-14)12-17(26-15)22-9-8-21-16-6-1-2-7-20-16/h1-7,11H,8-10,12H2,(H,20,21)(H,24,25). The molecule has 26 heavy (non-hydrogen) atoms. The average Bonchev–Trinajstić information content (AvgIpc) is 2.66. The zero-order chi connectivity index (χ0) is 17.9. The van der Waals surface area contributed by atoms with E-state index in [0.29, 0.717) is 43.3 Å². The molecule has 7 nitrogen and oxygen atoms in total. The third-order valence-electron chi connectivity index (χ3n) is 4.24. The number of hydrogen-bond donors (Lipinski definition) is 2. The number of benzene rings is 1. The monoisotopic (exact) mass is 350 g/mol. The Balaban J connectivity index is 1.48. The van der Waals surface area contributed by atoms with Gasteiger partial charge < -0.3 is 20.1 Å². The first-order valence-electron chi connectivity index (χ1n) is 8.39. The molecule has 2 N–H and O–H groups in total. The summed E-state index contributed by atoms with van der Waals surface area (Å²) in [6.45, 7) is 1.58. The van der Waals surface area contributed by atoms with Crippen LogP contribution in [0.3, 0.4) is 0 Å². The predicted molar refractivity (Wildman–Crippen MR) is 98.9 cm³/mol. The lowest BCUT2D eigenvalue weighted by molar-refractivity contribution is -0.132. The van der Waals surface area contributed by atoms with Crippen LogP contribution in [0, 0.1) is 0 Å². The van der Waals surface area contributed by atoms with Gasteiger partial charge in [0.05, 0.1) is 24.4 Å². The Morgan fingerprint density at radius 1 is 1.31 bits per heavy atom. The molecule has 0 unspecified atom stereocenters. The zero-order valence-electron chi connectivity index (χ0n) is 14.1. The molecule has 0 fully saturated rings. The Hall–Kier alpha value is -3.35. The number of carbonyl (C=O) groups is 1. The summed E-state index contributed by atoms with van der Waals surface area (Å²) >= 11 is 0. The van der Waals surface area contributed by atoms with Crippen LogP contribution >= 0.6 is 0 Å². The van der Waals surface area contributed by atoms with Gasteiger partial charge in [-0.25, -0.2) is 9.78 Å². The van der Waals surface area contributed by atoms with Crippen LogP contribution in [0.25, 0.3) is 0 Å². The minimum absolute atomic E-state index is 0.368. The number of para-hydroxylation sites is 1. The number of ether oxygens (including phenoxy) is 1. The van der Waals surface area contributed by atoms with E-state index in [2.05, 4.69) is 15.3 Å². The Kier molecular flexibility index (Phi) is 4.27. The number of nitrogens with zero attached hydrogens (tertiary/aromatic N) is 3. The molecule has 0 saturated carbocycles. The largest absolute Gasteiger partial charge is 0.478 e. The van der Waals surface area contributed by atoms with E-state index in [1.807, 2.05) is 41.3 Å². The molecule has 0 bridgehead atoms. The molecular formula is C19H18N4O3. The molecule has 132 valence electrons. The summed E-state index contributed by atoms with van der Waals surface area (Å²) in [5.41, 5.74) is 2.26. The number of hydrogen-bond acceptors (Lipinski definition) is 6. The lowest BCUT2D eigenvalue weighted by Crippen LogP contribution is -2.37. The predicted octanol–water partition coefficient (Wildman–Crippen LogP) is 2.32. The Morgan fingerprint density at radius 3 is 3.04 bits per heavy atom. The van der Waals surface area contributed by atoms with Crippen LogP contribution in [0.4, 0.5) is 11.5 Å². The van der Waals surface area contributed by atoms with E-state index in [0.717, 1.165) is 17.1 Å². The molecule has 4 rings (SSSR count). The first-order chi connectivity index (χ1) is 12.7. The highest BCUT2D eigenvalue weighted by atomic mass is 16.5. The average molecular weight is 350 g/mol. The fraction of sp³-hybridized carbons (Fsp3) is 0.211. The molecule has 3 heterocycles. The summed E-state index contributed by atoms with van der Waals surface area (Å²) in [5, 5.41) is 12.5. The van der Waals surface area contributed by atoms with Crippen molar-refractivity contribution in [2.75, 3.05) is 29.9 Å². The third-order valence-corrected chi connectivity index (χ3v) is 4.24. The first kappa shape index (κ1) is 16.1. The molecule has 0 atom stereocenters. The SMILES string of the molecule is O=C(O)C1=CN2CC(=NCCNc3ccccn3)Oc3cccc(c32)C1. The highest BCUT2D eigenvalue weighted by molar-refractivity contribution is 5.95. The molecule has 2 aliphatic heterocycles. The van der Waals surface area contributed by atoms with Crippen LogP contribution in [0.15, 0.2) is 59.4 Å². The maximum Gasteiger partial charge on any atom is 0.333 e. The van der Waals surface area contributed by atoms with Crippen LogP contribution in [-0.4, -0.2) is 41.6 Å². The third kappa shape index (κ3) is 3.23. The van der Waals surface area contributed by atoms with Gasteiger partial charge in [0.1, 0.15) is 5.82 Å². The Morgan fingerprint density at radius 2 is 2.23 bits per heavy atom. The van der Waals surface area contributed by atoms with Crippen LogP contribution in [0.2, 0.25) is 0 Å². The van der Waals surface area contributed by atoms with Crippen molar-refractivity contribution in [3.05, 3.63) is 59.9 Å². The minimum atomic E-state index is -0.898. The number of anilines is 2. The van der Waals surface area contributed by atoms with Crippen molar-refractivity contribution >= 4 is 23.4 Å². The molecule has 0 spiro atoms. The minimum Gasteiger partial charge on any atom is -0.478 e. The van der Waals surface area contributed by atoms with Gasteiger partial charge in [-0.1, -0.05) is 18.2 Å². The van der Waals surface area contributed by atoms with Crippen LogP contribution < -0.4 is 15.0 Å². The van der Waals surface area contributed by atoms with E-state index in [1.54, 1.807) is 12.4 Å². The van der Waals surface area contributed by atoms with Crippen molar-refractivity contribution in [1.82, 2.24) is 4.98 Å². The van der Waals surface area contributed by atoms with E-state index in [4.69, 9.17) is 4.74 Å². The van der Waals surface area contributed by atoms with E-state index in [9.17, 15) is 9.90 Å². The molecule has 2 aromatic rings. The Labute approximate surface area is 150 Å². The van der Waals surface area contributed by atoms with Gasteiger partial charge >= 0.3 is 5.97 Å². The van der Waals surface area contributed by atoms with Crippen molar-refractivity contribution in [3.8, 4) is 5.75 Å². The van der Waals surface area contributed by atoms with E-state index in [1.165, 1.54) is 0 Å². The van der Waals surface area contributed by atoms with Crippen LogP contribution in [-0.2, 0) is 11.2 Å². The number of pyridine rings is 1. The van der Waals surface area contributed by atoms with Gasteiger partial charge in [-0.05, 0) is 23.8 Å². The van der Waals surface area contributed by atoms with E-state index < -0.39 is 5.97 Å². The molecule has 1 aromatic heterocycles. The van der Waals surface area contributed by atoms with Crippen molar-refractivity contribution in [3.63, 3.8) is 0 Å². The summed E-state index contributed by atoms with van der Waals surface area (Å²) in [5.74, 6) is 1.19. The second kappa shape index (κ2) is 6.87. The molecular weight excluding hydrogens is 332 g/mol. The number of carboxylic acid groups (broad SMARTS) is 1. The number of aromatic nitrogens is 1. The Bertz CT molecular complexity index is 893. The molecule has 0 radical (unpaired) electrons. The van der Waals surface area contributed by atoms with Crippen molar-refractivity contribution in [2.24, 2.45) is 4.99 Å². The summed E-state index contributed by atoms with van der Waals surface area (Å²) in [6, 6.07) is 11.4. The molecule has 7 heteroatoms. The zero-order valence-corrected chi connectivity index (χ0v) is 14.1. The second-order valence-corrected chi connectivity index (χ2v) is 6.05. The lowest BCUT2D eigenvalue weighted by Gasteiger charge is -2.34. The number of carboxylic acids is 1. The fourth-order valence-electron chi connectivity index (χ4n) is 3.10. The van der Waals surface area contributed by atoms with Gasteiger partial charge in [-0.3, -0.25) is 4.99 Å². The van der Waals surface area contributed by atoms with Crippen molar-refractivity contribution in [1.29, 1.82) is 0 Å². The van der Waals surface area contributed by atoms with Gasteiger partial charge in [0.15, 0.2) is 5.75 Å². The molecule has 1 aromatic carbocycles. The summed E-state index contributed by atoms with van der Waals surface area (Å²) < 4.78 is 5.91. The highest BCUT2D eigenvalue weighted by Crippen LogP contribution is 2.39. The van der Waals surface area contributed by atoms with E-state index in [-0.39, 0.29) is 0 Å². The number of aliphatic imine (C=N–C) groups is 1. The fourth-order valence-corrected chi connectivity index (χ4v) is 3.10. The van der Waals surface area contributed by atoms with Gasteiger partial charge in [0.2, 0.25) is 5.90 Å². The molecule has 0 aliphatic carbocycles. The normalized spacial score (nSPS) is 16.5. The summed E-state index contributed by atoms with van der Waals surface area (Å²) in [7, 11) is 0. The van der Waals surface area contributed by atoms with Gasteiger partial charge in [-0.15, -0.1) is 0 Å². The van der Waals surface area contributed by atoms with Crippen molar-refractivity contribution < 1.29 is 14.6 Å². The first-order valence-corrected chi connectivity index (χ1v) is 8.39. The smallest absolute Gasteiger partial charge is 0.333 e. The van der Waals surface area contributed by atoms with Gasteiger partial charge in [0, 0.05) is 25.4 Å². The summed E-state index contributed by atoms with van der Waals surface area (Å²) in [6.07, 6.45) is 3.81. The summed E-state index contributed by atoms with van der Waals surface area (Å²) in [4.78, 5) is 22.0. The van der Waals surface area contributed by atoms with E-state index >= 15 is 0 Å². The number of aliphatic carboxylic acids is 1. The molecule has 0 amide bonds. The topological polar surface area (TPSA) is 87.0 Å². The van der Waals surface area contributed by atoms with Crippen molar-refractivity contribution in [2.45, 2.75) is 6.42 Å². The number of nitrogens with one attached hydrogen (secondary N) is 1. The maximum atomic E-state index is 11.4. The molecule has 2 aliphatic rings. The molecule has 0 saturated heterocycles. The maximum absolute atomic E-state index is 11.4. The van der Waals surface area contributed by atoms with Crippen LogP contribution in [0.5, 0.6) is 5.75 Å². The lowest BCUT2D eigenvalue weighted by atomic mass is 9.98. The quantitative estimate of drug-likeness (QED) is 0.805. The number of rotatable bonds is 5.